The number of primary amides is 1. The Morgan fingerprint density at radius 1 is 0.833 bits per heavy atom. The number of rotatable bonds is 3. The highest BCUT2D eigenvalue weighted by Gasteiger charge is 2.27. The van der Waals surface area contributed by atoms with Gasteiger partial charge in [0.2, 0.25) is 0 Å². The van der Waals surface area contributed by atoms with E-state index < -0.39 is 5.91 Å². The Bertz CT molecular complexity index is 1150. The standard InChI is InChI=1S/C25H25N3O2/c26-24(29)21-15-23(28-13-6-5-11-22(21)28)19-9-3-4-10-20(19)25(30)27-14-12-17-7-1-2-8-18(17)16-27/h1-4,7-10,15H,5-6,11-14,16H2,(H2,26,29). The number of carbonyl (C=O) groups excluding carboxylic acids is 2. The Morgan fingerprint density at radius 3 is 2.43 bits per heavy atom. The van der Waals surface area contributed by atoms with Crippen LogP contribution in [0.2, 0.25) is 0 Å². The first-order chi connectivity index (χ1) is 14.6. The highest BCUT2D eigenvalue weighted by molar-refractivity contribution is 6.02. The lowest BCUT2D eigenvalue weighted by molar-refractivity contribution is 0.0735. The van der Waals surface area contributed by atoms with Gasteiger partial charge in [0.25, 0.3) is 11.8 Å². The van der Waals surface area contributed by atoms with Gasteiger partial charge in [0.05, 0.1) is 5.56 Å². The van der Waals surface area contributed by atoms with E-state index in [2.05, 4.69) is 22.8 Å². The normalized spacial score (nSPS) is 15.4. The Hall–Kier alpha value is -3.34. The summed E-state index contributed by atoms with van der Waals surface area (Å²) in [4.78, 5) is 27.5. The molecule has 0 atom stereocenters. The predicted molar refractivity (Wildman–Crippen MR) is 116 cm³/mol. The number of fused-ring (bicyclic) bond motifs is 2. The van der Waals surface area contributed by atoms with Gasteiger partial charge in [0.1, 0.15) is 0 Å². The zero-order valence-electron chi connectivity index (χ0n) is 16.9. The molecule has 0 spiro atoms. The summed E-state index contributed by atoms with van der Waals surface area (Å²) < 4.78 is 2.18. The number of benzene rings is 2. The lowest BCUT2D eigenvalue weighted by Crippen LogP contribution is -2.36. The predicted octanol–water partition coefficient (Wildman–Crippen LogP) is 3.79. The SMILES string of the molecule is NC(=O)c1cc(-c2ccccc2C(=O)N2CCc3ccccc3C2)n2c1CCCC2. The van der Waals surface area contributed by atoms with Crippen molar-refractivity contribution in [3.63, 3.8) is 0 Å². The molecule has 2 aliphatic rings. The first-order valence-electron chi connectivity index (χ1n) is 10.6. The lowest BCUT2D eigenvalue weighted by Gasteiger charge is -2.29. The van der Waals surface area contributed by atoms with Crippen LogP contribution in [0.25, 0.3) is 11.3 Å². The van der Waals surface area contributed by atoms with E-state index in [9.17, 15) is 9.59 Å². The molecular formula is C25H25N3O2. The summed E-state index contributed by atoms with van der Waals surface area (Å²) in [6, 6.07) is 17.9. The highest BCUT2D eigenvalue weighted by Crippen LogP contribution is 2.33. The van der Waals surface area contributed by atoms with Gasteiger partial charge in [-0.15, -0.1) is 0 Å². The number of nitrogens with zero attached hydrogens (tertiary/aromatic N) is 2. The summed E-state index contributed by atoms with van der Waals surface area (Å²) in [5, 5.41) is 0. The summed E-state index contributed by atoms with van der Waals surface area (Å²) in [7, 11) is 0. The molecule has 1 aromatic heterocycles. The molecule has 5 heteroatoms. The van der Waals surface area contributed by atoms with Crippen LogP contribution >= 0.6 is 0 Å². The molecule has 2 N–H and O–H groups in total. The molecule has 0 saturated heterocycles. The van der Waals surface area contributed by atoms with Crippen LogP contribution in [0.15, 0.2) is 54.6 Å². The number of nitrogens with two attached hydrogens (primary N) is 1. The van der Waals surface area contributed by atoms with E-state index >= 15 is 0 Å². The first-order valence-corrected chi connectivity index (χ1v) is 10.6. The third kappa shape index (κ3) is 3.11. The van der Waals surface area contributed by atoms with Gasteiger partial charge in [0.15, 0.2) is 0 Å². The van der Waals surface area contributed by atoms with Crippen molar-refractivity contribution in [1.82, 2.24) is 9.47 Å². The second kappa shape index (κ2) is 7.48. The molecule has 0 fully saturated rings. The quantitative estimate of drug-likeness (QED) is 0.728. The minimum absolute atomic E-state index is 0.0343. The van der Waals surface area contributed by atoms with Crippen molar-refractivity contribution >= 4 is 11.8 Å². The topological polar surface area (TPSA) is 68.3 Å². The van der Waals surface area contributed by atoms with Crippen LogP contribution in [0.3, 0.4) is 0 Å². The first kappa shape index (κ1) is 18.7. The molecule has 2 amide bonds. The minimum atomic E-state index is -0.400. The maximum atomic E-state index is 13.5. The summed E-state index contributed by atoms with van der Waals surface area (Å²) in [5.74, 6) is -0.365. The number of hydrogen-bond donors (Lipinski definition) is 1. The van der Waals surface area contributed by atoms with Crippen molar-refractivity contribution < 1.29 is 9.59 Å². The van der Waals surface area contributed by atoms with Crippen LogP contribution in [-0.4, -0.2) is 27.8 Å². The molecule has 0 radical (unpaired) electrons. The van der Waals surface area contributed by atoms with Gasteiger partial charge in [-0.2, -0.15) is 0 Å². The zero-order valence-corrected chi connectivity index (χ0v) is 16.9. The van der Waals surface area contributed by atoms with Crippen molar-refractivity contribution in [1.29, 1.82) is 0 Å². The number of amides is 2. The van der Waals surface area contributed by atoms with Gasteiger partial charge in [-0.1, -0.05) is 42.5 Å². The van der Waals surface area contributed by atoms with E-state index in [1.165, 1.54) is 11.1 Å². The fourth-order valence-electron chi connectivity index (χ4n) is 4.85. The van der Waals surface area contributed by atoms with E-state index in [0.717, 1.165) is 49.2 Å². The van der Waals surface area contributed by atoms with Crippen LogP contribution in [0.5, 0.6) is 0 Å². The molecule has 3 heterocycles. The number of aromatic nitrogens is 1. The van der Waals surface area contributed by atoms with Gasteiger partial charge in [-0.05, 0) is 48.9 Å². The van der Waals surface area contributed by atoms with E-state index in [4.69, 9.17) is 5.73 Å². The summed E-state index contributed by atoms with van der Waals surface area (Å²) >= 11 is 0. The summed E-state index contributed by atoms with van der Waals surface area (Å²) in [5.41, 5.74) is 12.2. The highest BCUT2D eigenvalue weighted by atomic mass is 16.2. The molecule has 3 aromatic rings. The maximum absolute atomic E-state index is 13.5. The van der Waals surface area contributed by atoms with Crippen molar-refractivity contribution in [3.8, 4) is 11.3 Å². The second-order valence-electron chi connectivity index (χ2n) is 8.15. The Kier molecular flexibility index (Phi) is 4.66. The fraction of sp³-hybridized carbons (Fsp3) is 0.280. The Morgan fingerprint density at radius 2 is 1.60 bits per heavy atom. The fourth-order valence-corrected chi connectivity index (χ4v) is 4.85. The van der Waals surface area contributed by atoms with Gasteiger partial charge in [-0.25, -0.2) is 0 Å². The smallest absolute Gasteiger partial charge is 0.254 e. The van der Waals surface area contributed by atoms with Crippen LogP contribution in [0.4, 0.5) is 0 Å². The molecule has 30 heavy (non-hydrogen) atoms. The summed E-state index contributed by atoms with van der Waals surface area (Å²) in [6.07, 6.45) is 3.83. The van der Waals surface area contributed by atoms with Crippen molar-refractivity contribution in [2.75, 3.05) is 6.54 Å². The van der Waals surface area contributed by atoms with Crippen LogP contribution in [0, 0.1) is 0 Å². The lowest BCUT2D eigenvalue weighted by atomic mass is 9.97. The van der Waals surface area contributed by atoms with E-state index in [-0.39, 0.29) is 5.91 Å². The maximum Gasteiger partial charge on any atom is 0.254 e. The van der Waals surface area contributed by atoms with Crippen LogP contribution in [0.1, 0.15) is 50.4 Å². The average Bonchev–Trinajstić information content (AvgIpc) is 3.18. The summed E-state index contributed by atoms with van der Waals surface area (Å²) in [6.45, 7) is 2.18. The third-order valence-corrected chi connectivity index (χ3v) is 6.37. The number of hydrogen-bond acceptors (Lipinski definition) is 2. The van der Waals surface area contributed by atoms with E-state index in [0.29, 0.717) is 24.2 Å². The van der Waals surface area contributed by atoms with Gasteiger partial charge in [0, 0.05) is 42.1 Å². The second-order valence-corrected chi connectivity index (χ2v) is 8.15. The molecule has 5 nitrogen and oxygen atoms in total. The monoisotopic (exact) mass is 399 g/mol. The molecule has 2 aromatic carbocycles. The molecular weight excluding hydrogens is 374 g/mol. The average molecular weight is 399 g/mol. The molecule has 5 rings (SSSR count). The van der Waals surface area contributed by atoms with E-state index in [1.54, 1.807) is 0 Å². The van der Waals surface area contributed by atoms with Crippen molar-refractivity contribution in [2.24, 2.45) is 5.73 Å². The Labute approximate surface area is 176 Å². The van der Waals surface area contributed by atoms with Crippen LogP contribution < -0.4 is 5.73 Å². The molecule has 2 aliphatic heterocycles. The van der Waals surface area contributed by atoms with Gasteiger partial charge >= 0.3 is 0 Å². The Balaban J connectivity index is 1.55. The van der Waals surface area contributed by atoms with Crippen molar-refractivity contribution in [2.45, 2.75) is 38.8 Å². The largest absolute Gasteiger partial charge is 0.366 e. The molecule has 152 valence electrons. The van der Waals surface area contributed by atoms with Gasteiger partial charge in [-0.3, -0.25) is 9.59 Å². The number of carbonyl (C=O) groups is 2. The third-order valence-electron chi connectivity index (χ3n) is 6.37. The van der Waals surface area contributed by atoms with Gasteiger partial charge < -0.3 is 15.2 Å². The molecule has 0 unspecified atom stereocenters. The van der Waals surface area contributed by atoms with Crippen molar-refractivity contribution in [3.05, 3.63) is 82.5 Å². The molecule has 0 aliphatic carbocycles. The molecule has 0 bridgehead atoms. The molecule has 0 saturated carbocycles. The van der Waals surface area contributed by atoms with Crippen LogP contribution in [-0.2, 0) is 25.9 Å². The van der Waals surface area contributed by atoms with E-state index in [1.807, 2.05) is 41.3 Å². The minimum Gasteiger partial charge on any atom is -0.366 e. The zero-order chi connectivity index (χ0) is 20.7.